The van der Waals surface area contributed by atoms with Gasteiger partial charge in [-0.15, -0.1) is 0 Å². The molecule has 3 nitrogen and oxygen atoms in total. The zero-order chi connectivity index (χ0) is 13.0. The van der Waals surface area contributed by atoms with E-state index in [0.29, 0.717) is 19.0 Å². The van der Waals surface area contributed by atoms with Crippen molar-refractivity contribution in [2.45, 2.75) is 59.2 Å². The maximum Gasteiger partial charge on any atom is 0.0766 e. The van der Waals surface area contributed by atoms with Crippen LogP contribution in [-0.4, -0.2) is 34.5 Å². The van der Waals surface area contributed by atoms with Crippen LogP contribution < -0.4 is 5.32 Å². The summed E-state index contributed by atoms with van der Waals surface area (Å²) in [6, 6.07) is 0. The monoisotopic (exact) mass is 231 g/mol. The molecule has 0 bridgehead atoms. The van der Waals surface area contributed by atoms with E-state index in [1.165, 1.54) is 0 Å². The molecule has 0 radical (unpaired) electrons. The molecule has 0 saturated heterocycles. The molecule has 0 rings (SSSR count). The second-order valence-corrected chi connectivity index (χ2v) is 6.21. The summed E-state index contributed by atoms with van der Waals surface area (Å²) >= 11 is 0. The van der Waals surface area contributed by atoms with E-state index in [9.17, 15) is 10.2 Å². The predicted molar refractivity (Wildman–Crippen MR) is 68.4 cm³/mol. The zero-order valence-corrected chi connectivity index (χ0v) is 11.7. The number of nitrogens with one attached hydrogen (secondary N) is 1. The lowest BCUT2D eigenvalue weighted by Crippen LogP contribution is -2.47. The minimum absolute atomic E-state index is 0.204. The smallest absolute Gasteiger partial charge is 0.0766 e. The predicted octanol–water partition coefficient (Wildman–Crippen LogP) is 1.78. The van der Waals surface area contributed by atoms with Gasteiger partial charge in [0.2, 0.25) is 0 Å². The van der Waals surface area contributed by atoms with E-state index >= 15 is 0 Å². The molecule has 2 unspecified atom stereocenters. The molecule has 0 aromatic heterocycles. The van der Waals surface area contributed by atoms with Crippen molar-refractivity contribution < 1.29 is 10.2 Å². The Kier molecular flexibility index (Phi) is 5.94. The van der Waals surface area contributed by atoms with Gasteiger partial charge in [0.25, 0.3) is 0 Å². The van der Waals surface area contributed by atoms with E-state index in [1.54, 1.807) is 0 Å². The third-order valence-electron chi connectivity index (χ3n) is 3.08. The number of rotatable bonds is 7. The van der Waals surface area contributed by atoms with Crippen molar-refractivity contribution in [1.29, 1.82) is 0 Å². The summed E-state index contributed by atoms with van der Waals surface area (Å²) in [4.78, 5) is 0. The van der Waals surface area contributed by atoms with Crippen molar-refractivity contribution >= 4 is 0 Å². The molecule has 0 fully saturated rings. The normalized spacial score (nSPS) is 19.9. The Bertz CT molecular complexity index is 198. The lowest BCUT2D eigenvalue weighted by molar-refractivity contribution is -0.000544. The van der Waals surface area contributed by atoms with E-state index in [0.717, 1.165) is 6.42 Å². The summed E-state index contributed by atoms with van der Waals surface area (Å²) in [5, 5.41) is 23.3. The Morgan fingerprint density at radius 3 is 1.88 bits per heavy atom. The molecule has 0 amide bonds. The summed E-state index contributed by atoms with van der Waals surface area (Å²) in [6.07, 6.45) is 0.768. The Balaban J connectivity index is 3.98. The fourth-order valence-electron chi connectivity index (χ4n) is 1.74. The van der Waals surface area contributed by atoms with Gasteiger partial charge in [0.15, 0.2) is 0 Å². The quantitative estimate of drug-likeness (QED) is 0.626. The van der Waals surface area contributed by atoms with Crippen LogP contribution >= 0.6 is 0 Å². The molecule has 3 N–H and O–H groups in total. The summed E-state index contributed by atoms with van der Waals surface area (Å²) < 4.78 is 0. The second kappa shape index (κ2) is 5.99. The molecule has 0 heterocycles. The fraction of sp³-hybridized carbons (Fsp3) is 1.00. The van der Waals surface area contributed by atoms with E-state index in [-0.39, 0.29) is 5.92 Å². The highest BCUT2D eigenvalue weighted by atomic mass is 16.3. The first-order valence-electron chi connectivity index (χ1n) is 6.22. The van der Waals surface area contributed by atoms with Gasteiger partial charge in [0.05, 0.1) is 11.2 Å². The van der Waals surface area contributed by atoms with E-state index in [1.807, 2.05) is 27.7 Å². The summed E-state index contributed by atoms with van der Waals surface area (Å²) in [7, 11) is 0. The highest BCUT2D eigenvalue weighted by molar-refractivity contribution is 4.82. The number of hydrogen-bond acceptors (Lipinski definition) is 3. The minimum atomic E-state index is -0.714. The van der Waals surface area contributed by atoms with Crippen LogP contribution in [0.3, 0.4) is 0 Å². The number of aliphatic hydroxyl groups is 2. The Hall–Kier alpha value is -0.120. The molecular formula is C13H29NO2. The third-order valence-corrected chi connectivity index (χ3v) is 3.08. The van der Waals surface area contributed by atoms with Gasteiger partial charge in [-0.05, 0) is 32.1 Å². The van der Waals surface area contributed by atoms with Crippen molar-refractivity contribution in [3.05, 3.63) is 0 Å². The van der Waals surface area contributed by atoms with Crippen LogP contribution in [0.25, 0.3) is 0 Å². The molecular weight excluding hydrogens is 202 g/mol. The third kappa shape index (κ3) is 6.46. The molecule has 0 aliphatic heterocycles. The maximum atomic E-state index is 10.1. The van der Waals surface area contributed by atoms with Gasteiger partial charge in [-0.1, -0.05) is 27.7 Å². The minimum Gasteiger partial charge on any atom is -0.389 e. The van der Waals surface area contributed by atoms with Gasteiger partial charge >= 0.3 is 0 Å². The molecule has 0 aliphatic carbocycles. The Morgan fingerprint density at radius 2 is 1.50 bits per heavy atom. The molecule has 0 aliphatic rings. The first kappa shape index (κ1) is 15.9. The van der Waals surface area contributed by atoms with Gasteiger partial charge in [-0.2, -0.15) is 0 Å². The second-order valence-electron chi connectivity index (χ2n) is 6.21. The van der Waals surface area contributed by atoms with Crippen LogP contribution in [0.2, 0.25) is 0 Å². The van der Waals surface area contributed by atoms with E-state index in [2.05, 4.69) is 19.2 Å². The van der Waals surface area contributed by atoms with Gasteiger partial charge in [0.1, 0.15) is 0 Å². The van der Waals surface area contributed by atoms with Crippen LogP contribution in [-0.2, 0) is 0 Å². The van der Waals surface area contributed by atoms with Crippen LogP contribution in [0.1, 0.15) is 48.0 Å². The maximum absolute atomic E-state index is 10.1. The lowest BCUT2D eigenvalue weighted by atomic mass is 9.91. The van der Waals surface area contributed by atoms with Crippen LogP contribution in [0.15, 0.2) is 0 Å². The molecule has 3 heteroatoms. The number of hydrogen-bond donors (Lipinski definition) is 3. The van der Waals surface area contributed by atoms with Crippen molar-refractivity contribution in [2.24, 2.45) is 11.8 Å². The lowest BCUT2D eigenvalue weighted by Gasteiger charge is -2.31. The standard InChI is InChI=1S/C13H29NO2/c1-10(2)7-12(5,15)8-14-9-13(6,16)11(3)4/h10-11,14-16H,7-9H2,1-6H3. The average Bonchev–Trinajstić information content (AvgIpc) is 1.99. The SMILES string of the molecule is CC(C)CC(C)(O)CNCC(C)(O)C(C)C. The van der Waals surface area contributed by atoms with Gasteiger partial charge in [-0.25, -0.2) is 0 Å². The molecule has 0 aromatic rings. The molecule has 0 saturated carbocycles. The molecule has 0 aromatic carbocycles. The first-order chi connectivity index (χ1) is 7.07. The van der Waals surface area contributed by atoms with Crippen LogP contribution in [0.5, 0.6) is 0 Å². The zero-order valence-electron chi connectivity index (χ0n) is 11.7. The van der Waals surface area contributed by atoms with Gasteiger partial charge in [-0.3, -0.25) is 0 Å². The van der Waals surface area contributed by atoms with E-state index in [4.69, 9.17) is 0 Å². The molecule has 2 atom stereocenters. The molecule has 0 spiro atoms. The fourth-order valence-corrected chi connectivity index (χ4v) is 1.74. The highest BCUT2D eigenvalue weighted by Gasteiger charge is 2.27. The van der Waals surface area contributed by atoms with Crippen molar-refractivity contribution in [2.75, 3.05) is 13.1 Å². The van der Waals surface area contributed by atoms with Crippen molar-refractivity contribution in [3.63, 3.8) is 0 Å². The largest absolute Gasteiger partial charge is 0.389 e. The average molecular weight is 231 g/mol. The Labute approximate surface area is 100 Å². The van der Waals surface area contributed by atoms with Crippen molar-refractivity contribution in [3.8, 4) is 0 Å². The summed E-state index contributed by atoms with van der Waals surface area (Å²) in [6.45, 7) is 12.9. The van der Waals surface area contributed by atoms with E-state index < -0.39 is 11.2 Å². The first-order valence-corrected chi connectivity index (χ1v) is 6.22. The van der Waals surface area contributed by atoms with Crippen molar-refractivity contribution in [1.82, 2.24) is 5.32 Å². The molecule has 98 valence electrons. The summed E-state index contributed by atoms with van der Waals surface area (Å²) in [5.41, 5.74) is -1.41. The van der Waals surface area contributed by atoms with Crippen LogP contribution in [0, 0.1) is 11.8 Å². The highest BCUT2D eigenvalue weighted by Crippen LogP contribution is 2.17. The topological polar surface area (TPSA) is 52.5 Å². The van der Waals surface area contributed by atoms with Gasteiger partial charge in [0, 0.05) is 13.1 Å². The summed E-state index contributed by atoms with van der Waals surface area (Å²) in [5.74, 6) is 0.678. The molecule has 16 heavy (non-hydrogen) atoms. The Morgan fingerprint density at radius 1 is 1.00 bits per heavy atom. The van der Waals surface area contributed by atoms with Crippen LogP contribution in [0.4, 0.5) is 0 Å². The van der Waals surface area contributed by atoms with Gasteiger partial charge < -0.3 is 15.5 Å².